The van der Waals surface area contributed by atoms with Gasteiger partial charge in [-0.3, -0.25) is 4.68 Å². The predicted octanol–water partition coefficient (Wildman–Crippen LogP) is 1.10. The van der Waals surface area contributed by atoms with Crippen molar-refractivity contribution in [3.63, 3.8) is 0 Å². The molecule has 78 valence electrons. The maximum atomic E-state index is 9.68. The van der Waals surface area contributed by atoms with E-state index < -0.39 is 0 Å². The molecule has 0 aliphatic heterocycles. The molecule has 2 rings (SSSR count). The molecule has 1 aromatic heterocycles. The molecule has 0 spiro atoms. The van der Waals surface area contributed by atoms with E-state index in [1.807, 2.05) is 13.2 Å². The number of hydrogen-bond acceptors (Lipinski definition) is 3. The van der Waals surface area contributed by atoms with Crippen molar-refractivity contribution < 1.29 is 9.84 Å². The summed E-state index contributed by atoms with van der Waals surface area (Å²) in [4.78, 5) is 0. The van der Waals surface area contributed by atoms with Gasteiger partial charge in [-0.1, -0.05) is 6.42 Å². The van der Waals surface area contributed by atoms with E-state index >= 15 is 0 Å². The molecule has 1 heterocycles. The zero-order chi connectivity index (χ0) is 9.97. The summed E-state index contributed by atoms with van der Waals surface area (Å²) in [6.07, 6.45) is 7.18. The number of aromatic nitrogens is 2. The molecule has 1 aliphatic rings. The van der Waals surface area contributed by atoms with Crippen LogP contribution in [-0.2, 0) is 7.05 Å². The van der Waals surface area contributed by atoms with Crippen LogP contribution in [0, 0.1) is 0 Å². The number of hydrogen-bond donors (Lipinski definition) is 1. The first kappa shape index (κ1) is 9.52. The van der Waals surface area contributed by atoms with Crippen LogP contribution >= 0.6 is 0 Å². The second-order valence-electron chi connectivity index (χ2n) is 3.86. The minimum atomic E-state index is -0.316. The molecule has 2 atom stereocenters. The Balaban J connectivity index is 1.95. The molecule has 0 bridgehead atoms. The molecule has 0 aromatic carbocycles. The lowest BCUT2D eigenvalue weighted by Crippen LogP contribution is -2.34. The summed E-state index contributed by atoms with van der Waals surface area (Å²) in [5.74, 6) is 0.749. The Hall–Kier alpha value is -1.03. The van der Waals surface area contributed by atoms with Crippen LogP contribution in [0.4, 0.5) is 0 Å². The molecule has 1 fully saturated rings. The Labute approximate surface area is 83.5 Å². The number of ether oxygens (including phenoxy) is 1. The standard InChI is InChI=1S/C10H16N2O2/c1-12-7-8(6-11-12)14-10-5-3-2-4-9(10)13/h6-7,9-10,13H,2-5H2,1H3/t9-,10-/m0/s1. The number of aliphatic hydroxyl groups is 1. The number of aliphatic hydroxyl groups excluding tert-OH is 1. The predicted molar refractivity (Wildman–Crippen MR) is 52.1 cm³/mol. The van der Waals surface area contributed by atoms with Crippen LogP contribution in [0.2, 0.25) is 0 Å². The normalized spacial score (nSPS) is 27.6. The zero-order valence-corrected chi connectivity index (χ0v) is 8.39. The largest absolute Gasteiger partial charge is 0.484 e. The van der Waals surface area contributed by atoms with Crippen LogP contribution in [0.3, 0.4) is 0 Å². The maximum Gasteiger partial charge on any atom is 0.157 e. The van der Waals surface area contributed by atoms with Crippen molar-refractivity contribution >= 4 is 0 Å². The molecular formula is C10H16N2O2. The Morgan fingerprint density at radius 3 is 2.93 bits per heavy atom. The first-order valence-corrected chi connectivity index (χ1v) is 5.09. The van der Waals surface area contributed by atoms with Crippen LogP contribution in [-0.4, -0.2) is 27.1 Å². The van der Waals surface area contributed by atoms with Crippen LogP contribution in [0.1, 0.15) is 25.7 Å². The third-order valence-electron chi connectivity index (χ3n) is 2.64. The summed E-state index contributed by atoms with van der Waals surface area (Å²) < 4.78 is 7.35. The summed E-state index contributed by atoms with van der Waals surface area (Å²) >= 11 is 0. The van der Waals surface area contributed by atoms with E-state index in [0.29, 0.717) is 0 Å². The molecule has 14 heavy (non-hydrogen) atoms. The average Bonchev–Trinajstić information content (AvgIpc) is 2.56. The van der Waals surface area contributed by atoms with Gasteiger partial charge in [-0.15, -0.1) is 0 Å². The smallest absolute Gasteiger partial charge is 0.157 e. The number of aryl methyl sites for hydroxylation is 1. The summed E-state index contributed by atoms with van der Waals surface area (Å²) in [7, 11) is 1.85. The van der Waals surface area contributed by atoms with Gasteiger partial charge in [0.25, 0.3) is 0 Å². The van der Waals surface area contributed by atoms with Crippen LogP contribution in [0.5, 0.6) is 5.75 Å². The highest BCUT2D eigenvalue weighted by atomic mass is 16.5. The number of nitrogens with zero attached hydrogens (tertiary/aromatic N) is 2. The lowest BCUT2D eigenvalue weighted by atomic mass is 9.95. The Morgan fingerprint density at radius 2 is 2.29 bits per heavy atom. The fourth-order valence-electron chi connectivity index (χ4n) is 1.85. The van der Waals surface area contributed by atoms with Crippen LogP contribution in [0.25, 0.3) is 0 Å². The third kappa shape index (κ3) is 2.07. The first-order valence-electron chi connectivity index (χ1n) is 5.09. The zero-order valence-electron chi connectivity index (χ0n) is 8.39. The third-order valence-corrected chi connectivity index (χ3v) is 2.64. The fourth-order valence-corrected chi connectivity index (χ4v) is 1.85. The molecule has 0 radical (unpaired) electrons. The molecule has 1 N–H and O–H groups in total. The minimum Gasteiger partial charge on any atom is -0.484 e. The van der Waals surface area contributed by atoms with Crippen molar-refractivity contribution in [2.24, 2.45) is 7.05 Å². The molecule has 1 saturated carbocycles. The van der Waals surface area contributed by atoms with Crippen molar-refractivity contribution in [3.05, 3.63) is 12.4 Å². The van der Waals surface area contributed by atoms with Gasteiger partial charge in [-0.25, -0.2) is 0 Å². The summed E-state index contributed by atoms with van der Waals surface area (Å²) in [5.41, 5.74) is 0. The van der Waals surface area contributed by atoms with E-state index in [2.05, 4.69) is 5.10 Å². The van der Waals surface area contributed by atoms with Crippen LogP contribution in [0.15, 0.2) is 12.4 Å². The van der Waals surface area contributed by atoms with E-state index in [1.54, 1.807) is 10.9 Å². The van der Waals surface area contributed by atoms with Crippen molar-refractivity contribution in [1.82, 2.24) is 9.78 Å². The molecular weight excluding hydrogens is 180 g/mol. The van der Waals surface area contributed by atoms with Gasteiger partial charge in [-0.2, -0.15) is 5.10 Å². The highest BCUT2D eigenvalue weighted by Gasteiger charge is 2.24. The molecule has 0 saturated heterocycles. The van der Waals surface area contributed by atoms with Gasteiger partial charge >= 0.3 is 0 Å². The summed E-state index contributed by atoms with van der Waals surface area (Å²) in [6, 6.07) is 0. The summed E-state index contributed by atoms with van der Waals surface area (Å²) in [5, 5.41) is 13.7. The lowest BCUT2D eigenvalue weighted by Gasteiger charge is -2.27. The van der Waals surface area contributed by atoms with Gasteiger partial charge < -0.3 is 9.84 Å². The van der Waals surface area contributed by atoms with Gasteiger partial charge in [-0.05, 0) is 19.3 Å². The van der Waals surface area contributed by atoms with Crippen molar-refractivity contribution in [3.8, 4) is 5.75 Å². The van der Waals surface area contributed by atoms with Gasteiger partial charge in [0.05, 0.1) is 18.5 Å². The Bertz CT molecular complexity index is 298. The van der Waals surface area contributed by atoms with Crippen LogP contribution < -0.4 is 4.74 Å². The summed E-state index contributed by atoms with van der Waals surface area (Å²) in [6.45, 7) is 0. The molecule has 4 nitrogen and oxygen atoms in total. The maximum absolute atomic E-state index is 9.68. The molecule has 1 aromatic rings. The van der Waals surface area contributed by atoms with Gasteiger partial charge in [0.2, 0.25) is 0 Å². The molecule has 0 unspecified atom stereocenters. The van der Waals surface area contributed by atoms with Crippen molar-refractivity contribution in [2.45, 2.75) is 37.9 Å². The van der Waals surface area contributed by atoms with E-state index in [4.69, 9.17) is 4.74 Å². The fraction of sp³-hybridized carbons (Fsp3) is 0.700. The van der Waals surface area contributed by atoms with E-state index in [9.17, 15) is 5.11 Å². The van der Waals surface area contributed by atoms with Crippen molar-refractivity contribution in [1.29, 1.82) is 0 Å². The average molecular weight is 196 g/mol. The first-order chi connectivity index (χ1) is 6.75. The molecule has 1 aliphatic carbocycles. The second kappa shape index (κ2) is 4.00. The Kier molecular flexibility index (Phi) is 2.72. The number of rotatable bonds is 2. The molecule has 4 heteroatoms. The van der Waals surface area contributed by atoms with Gasteiger partial charge in [0.15, 0.2) is 5.75 Å². The lowest BCUT2D eigenvalue weighted by molar-refractivity contribution is 0.00684. The van der Waals surface area contributed by atoms with Gasteiger partial charge in [0.1, 0.15) is 6.10 Å². The highest BCUT2D eigenvalue weighted by Crippen LogP contribution is 2.23. The van der Waals surface area contributed by atoms with E-state index in [0.717, 1.165) is 31.4 Å². The second-order valence-corrected chi connectivity index (χ2v) is 3.86. The van der Waals surface area contributed by atoms with Gasteiger partial charge in [0, 0.05) is 7.05 Å². The Morgan fingerprint density at radius 1 is 1.50 bits per heavy atom. The van der Waals surface area contributed by atoms with E-state index in [1.165, 1.54) is 0 Å². The monoisotopic (exact) mass is 196 g/mol. The van der Waals surface area contributed by atoms with E-state index in [-0.39, 0.29) is 12.2 Å². The quantitative estimate of drug-likeness (QED) is 0.770. The topological polar surface area (TPSA) is 47.3 Å². The molecule has 0 amide bonds. The minimum absolute atomic E-state index is 0.0482. The highest BCUT2D eigenvalue weighted by molar-refractivity contribution is 5.12. The SMILES string of the molecule is Cn1cc(O[C@H]2CCCC[C@@H]2O)cn1. The van der Waals surface area contributed by atoms with Crippen molar-refractivity contribution in [2.75, 3.05) is 0 Å².